The summed E-state index contributed by atoms with van der Waals surface area (Å²) in [6, 6.07) is 8.02. The smallest absolute Gasteiger partial charge is 0.475 e. The number of imide groups is 1. The number of amides is 5. The van der Waals surface area contributed by atoms with Gasteiger partial charge in [0.05, 0.1) is 24.2 Å². The number of thioether (sulfide) groups is 1. The zero-order chi connectivity index (χ0) is 44.2. The number of nitrogens with zero attached hydrogens (tertiary/aromatic N) is 2. The van der Waals surface area contributed by atoms with Crippen LogP contribution in [0.3, 0.4) is 0 Å². The third-order valence-corrected chi connectivity index (χ3v) is 9.95. The van der Waals surface area contributed by atoms with Crippen molar-refractivity contribution in [2.45, 2.75) is 76.8 Å². The van der Waals surface area contributed by atoms with Crippen LogP contribution in [0.1, 0.15) is 78.3 Å². The third kappa shape index (κ3) is 12.8. The van der Waals surface area contributed by atoms with Crippen LogP contribution in [0, 0.1) is 5.92 Å². The number of ketones is 2. The monoisotopic (exact) mass is 849 g/mol. The number of carbonyl (C=O) groups excluding carboxylic acids is 7. The first-order valence-electron chi connectivity index (χ1n) is 18.8. The molecule has 2 aromatic carbocycles. The van der Waals surface area contributed by atoms with Gasteiger partial charge in [0, 0.05) is 47.8 Å². The lowest BCUT2D eigenvalue weighted by Gasteiger charge is -2.32. The highest BCUT2D eigenvalue weighted by molar-refractivity contribution is 7.98. The number of carbonyl (C=O) groups is 8. The van der Waals surface area contributed by atoms with Crippen LogP contribution < -0.4 is 27.4 Å². The second-order valence-electron chi connectivity index (χ2n) is 14.4. The number of likely N-dealkylation sites (tertiary alicyclic amines) is 1. The van der Waals surface area contributed by atoms with E-state index in [2.05, 4.69) is 16.0 Å². The van der Waals surface area contributed by atoms with Gasteiger partial charge in [0.15, 0.2) is 11.6 Å². The van der Waals surface area contributed by atoms with Gasteiger partial charge in [-0.1, -0.05) is 50.2 Å². The zero-order valence-electron chi connectivity index (χ0n) is 33.1. The fourth-order valence-electron chi connectivity index (χ4n) is 6.49. The Morgan fingerprint density at radius 1 is 0.966 bits per heavy atom. The third-order valence-electron chi connectivity index (χ3n) is 9.26. The Morgan fingerprint density at radius 3 is 2.15 bits per heavy atom. The van der Waals surface area contributed by atoms with Gasteiger partial charge in [0.25, 0.3) is 5.91 Å². The van der Waals surface area contributed by atoms with Crippen LogP contribution in [0.5, 0.6) is 0 Å². The van der Waals surface area contributed by atoms with Crippen molar-refractivity contribution >= 4 is 64.5 Å². The fourth-order valence-corrected chi connectivity index (χ4v) is 7.00. The summed E-state index contributed by atoms with van der Waals surface area (Å²) in [5.74, 6) is -5.52. The van der Waals surface area contributed by atoms with Crippen molar-refractivity contribution in [1.29, 1.82) is 0 Å². The average Bonchev–Trinajstić information content (AvgIpc) is 3.68. The van der Waals surface area contributed by atoms with E-state index >= 15 is 0 Å². The topological polar surface area (TPSA) is 251 Å². The molecule has 0 radical (unpaired) electrons. The maximum Gasteiger partial charge on any atom is 0.490 e. The van der Waals surface area contributed by atoms with Gasteiger partial charge in [0.1, 0.15) is 12.1 Å². The summed E-state index contributed by atoms with van der Waals surface area (Å²) >= 11 is 1.40. The first-order chi connectivity index (χ1) is 27.7. The van der Waals surface area contributed by atoms with E-state index in [9.17, 15) is 46.7 Å². The fraction of sp³-hybridized carbons (Fsp3) is 0.487. The number of carboxylic acid groups (broad SMARTS) is 1. The number of fused-ring (bicyclic) bond motifs is 2. The minimum Gasteiger partial charge on any atom is -0.475 e. The molecule has 20 heteroatoms. The normalized spacial score (nSPS) is 16.1. The summed E-state index contributed by atoms with van der Waals surface area (Å²) in [5, 5.41) is 15.5. The molecular formula is C39H50F3N7O9S. The molecule has 0 bridgehead atoms. The molecule has 4 atom stereocenters. The van der Waals surface area contributed by atoms with Crippen LogP contribution in [0.15, 0.2) is 42.5 Å². The Balaban J connectivity index is 0.00000122. The number of alkyl halides is 3. The predicted molar refractivity (Wildman–Crippen MR) is 212 cm³/mol. The number of anilines is 1. The molecule has 0 saturated carbocycles. The van der Waals surface area contributed by atoms with E-state index in [0.717, 1.165) is 4.90 Å². The quantitative estimate of drug-likeness (QED) is 0.113. The van der Waals surface area contributed by atoms with Crippen LogP contribution >= 0.6 is 11.8 Å². The minimum absolute atomic E-state index is 0.0117. The van der Waals surface area contributed by atoms with Crippen molar-refractivity contribution in [2.75, 3.05) is 43.5 Å². The highest BCUT2D eigenvalue weighted by atomic mass is 32.2. The van der Waals surface area contributed by atoms with Gasteiger partial charge in [-0.25, -0.2) is 4.79 Å². The van der Waals surface area contributed by atoms with Gasteiger partial charge in [-0.15, -0.1) is 0 Å². The number of carboxylic acids is 1. The lowest BCUT2D eigenvalue weighted by atomic mass is 9.83. The predicted octanol–water partition coefficient (Wildman–Crippen LogP) is 1.93. The number of hydrogen-bond acceptors (Lipinski definition) is 12. The van der Waals surface area contributed by atoms with Crippen molar-refractivity contribution < 1.29 is 56.6 Å². The van der Waals surface area contributed by atoms with E-state index in [1.807, 2.05) is 20.1 Å². The molecule has 1 aliphatic heterocycles. The Hall–Kier alpha value is -5.34. The van der Waals surface area contributed by atoms with Crippen molar-refractivity contribution in [3.05, 3.63) is 64.7 Å². The summed E-state index contributed by atoms with van der Waals surface area (Å²) in [6.45, 7) is 5.42. The van der Waals surface area contributed by atoms with E-state index in [4.69, 9.17) is 21.4 Å². The van der Waals surface area contributed by atoms with Gasteiger partial charge < -0.3 is 37.4 Å². The van der Waals surface area contributed by atoms with Gasteiger partial charge in [-0.2, -0.15) is 24.9 Å². The second-order valence-corrected chi connectivity index (χ2v) is 15.3. The van der Waals surface area contributed by atoms with Crippen LogP contribution in [-0.2, 0) is 28.8 Å². The Kier molecular flexibility index (Phi) is 17.6. The number of rotatable bonds is 16. The summed E-state index contributed by atoms with van der Waals surface area (Å²) in [4.78, 5) is 104. The Labute approximate surface area is 343 Å². The summed E-state index contributed by atoms with van der Waals surface area (Å²) in [5.41, 5.74) is 13.5. The first-order valence-corrected chi connectivity index (χ1v) is 20.2. The van der Waals surface area contributed by atoms with Crippen molar-refractivity contribution in [1.82, 2.24) is 20.4 Å². The number of aliphatic carboxylic acids is 1. The van der Waals surface area contributed by atoms with E-state index in [1.165, 1.54) is 23.6 Å². The maximum absolute atomic E-state index is 14.0. The molecule has 59 heavy (non-hydrogen) atoms. The average molecular weight is 850 g/mol. The van der Waals surface area contributed by atoms with Gasteiger partial charge in [-0.3, -0.25) is 38.5 Å². The molecule has 1 saturated heterocycles. The van der Waals surface area contributed by atoms with Gasteiger partial charge >= 0.3 is 12.1 Å². The summed E-state index contributed by atoms with van der Waals surface area (Å²) in [7, 11) is 0. The molecule has 4 rings (SSSR count). The SMILES string of the molecule is CSC[C@H](N)C(=O)NCC(=O)N[C@@H](CC(C)C)C(=O)N1CCC[C@H]1C(=O)N(CCCNc1cccc2c1C(=O)c1ccccc1C2=O)C(=O)[C@H](C)N.O=C(O)C(F)(F)F. The number of nitrogens with one attached hydrogen (secondary N) is 3. The molecule has 1 heterocycles. The van der Waals surface area contributed by atoms with Crippen molar-refractivity contribution in [3.8, 4) is 0 Å². The molecule has 16 nitrogen and oxygen atoms in total. The van der Waals surface area contributed by atoms with Crippen LogP contribution in [0.2, 0.25) is 0 Å². The number of hydrogen-bond donors (Lipinski definition) is 6. The second kappa shape index (κ2) is 21.6. The molecule has 0 unspecified atom stereocenters. The van der Waals surface area contributed by atoms with Crippen molar-refractivity contribution in [2.24, 2.45) is 17.4 Å². The van der Waals surface area contributed by atoms with Crippen LogP contribution in [0.4, 0.5) is 18.9 Å². The molecule has 0 aromatic heterocycles. The summed E-state index contributed by atoms with van der Waals surface area (Å²) < 4.78 is 31.7. The van der Waals surface area contributed by atoms with Gasteiger partial charge in [-0.05, 0) is 50.8 Å². The molecule has 8 N–H and O–H groups in total. The zero-order valence-corrected chi connectivity index (χ0v) is 33.9. The minimum atomic E-state index is -5.08. The summed E-state index contributed by atoms with van der Waals surface area (Å²) in [6.07, 6.45) is -1.85. The number of benzene rings is 2. The van der Waals surface area contributed by atoms with E-state index in [0.29, 0.717) is 47.4 Å². The standard InChI is InChI=1S/C37H49N7O7S.C2HF3O2/c1-21(2)18-28(42-30(45)19-41-34(48)26(39)20-52-4)36(50)43-16-8-14-29(43)37(51)44(35(49)22(3)38)17-9-15-40-27-13-7-12-25-31(27)33(47)24-11-6-5-10-23(24)32(25)46;3-2(4,5)1(6)7/h5-7,10-13,21-22,26,28-29,40H,8-9,14-20,38-39H2,1-4H3,(H,41,48)(H,42,45);(H,6,7)/t22-,26-,28-,29-;/m0./s1. The molecule has 2 aliphatic rings. The highest BCUT2D eigenvalue weighted by Crippen LogP contribution is 2.32. The molecule has 1 fully saturated rings. The Bertz CT molecular complexity index is 1910. The molecule has 5 amide bonds. The molecule has 322 valence electrons. The molecule has 0 spiro atoms. The molecule has 1 aliphatic carbocycles. The van der Waals surface area contributed by atoms with Crippen molar-refractivity contribution in [3.63, 3.8) is 0 Å². The molecule has 2 aromatic rings. The lowest BCUT2D eigenvalue weighted by molar-refractivity contribution is -0.192. The largest absolute Gasteiger partial charge is 0.490 e. The van der Waals surface area contributed by atoms with Gasteiger partial charge in [0.2, 0.25) is 23.6 Å². The number of nitrogens with two attached hydrogens (primary N) is 2. The lowest BCUT2D eigenvalue weighted by Crippen LogP contribution is -2.57. The maximum atomic E-state index is 14.0. The van der Waals surface area contributed by atoms with E-state index in [-0.39, 0.29) is 55.6 Å². The first kappa shape index (κ1) is 48.0. The van der Waals surface area contributed by atoms with Crippen LogP contribution in [0.25, 0.3) is 0 Å². The van der Waals surface area contributed by atoms with Crippen LogP contribution in [-0.4, -0.2) is 131 Å². The Morgan fingerprint density at radius 2 is 1.58 bits per heavy atom. The molecular weight excluding hydrogens is 800 g/mol. The van der Waals surface area contributed by atoms with E-state index in [1.54, 1.807) is 42.5 Å². The number of halogens is 3. The van der Waals surface area contributed by atoms with E-state index < -0.39 is 65.8 Å². The highest BCUT2D eigenvalue weighted by Gasteiger charge is 2.41.